The van der Waals surface area contributed by atoms with E-state index in [2.05, 4.69) is 4.90 Å². The second kappa shape index (κ2) is 8.41. The topological polar surface area (TPSA) is 41.9 Å². The van der Waals surface area contributed by atoms with Crippen LogP contribution in [-0.4, -0.2) is 48.6 Å². The number of thiophene rings is 1. The lowest BCUT2D eigenvalue weighted by Gasteiger charge is -2.31. The predicted molar refractivity (Wildman–Crippen MR) is 88.0 cm³/mol. The normalized spacial score (nSPS) is 26.1. The minimum atomic E-state index is -0.329. The van der Waals surface area contributed by atoms with Crippen LogP contribution in [0.4, 0.5) is 0 Å². The van der Waals surface area contributed by atoms with Gasteiger partial charge in [-0.15, -0.1) is 11.3 Å². The molecule has 5 heteroatoms. The highest BCUT2D eigenvalue weighted by Crippen LogP contribution is 2.29. The maximum Gasteiger partial charge on any atom is 0.159 e. The Labute approximate surface area is 137 Å². The van der Waals surface area contributed by atoms with E-state index in [0.717, 1.165) is 44.0 Å². The molecule has 0 bridgehead atoms. The van der Waals surface area contributed by atoms with Crippen molar-refractivity contribution in [1.82, 2.24) is 4.90 Å². The lowest BCUT2D eigenvalue weighted by Crippen LogP contribution is -2.38. The predicted octanol–water partition coefficient (Wildman–Crippen LogP) is 3.18. The van der Waals surface area contributed by atoms with Gasteiger partial charge in [0.25, 0.3) is 0 Å². The summed E-state index contributed by atoms with van der Waals surface area (Å²) in [4.78, 5) is 3.64. The third-order valence-corrected chi connectivity index (χ3v) is 5.68. The molecule has 0 spiro atoms. The number of likely N-dealkylation sites (tertiary alicyclic amines) is 1. The van der Waals surface area contributed by atoms with Crippen LogP contribution in [0, 0.1) is 0 Å². The van der Waals surface area contributed by atoms with Gasteiger partial charge in [-0.25, -0.2) is 0 Å². The molecule has 0 unspecified atom stereocenters. The first kappa shape index (κ1) is 16.4. The monoisotopic (exact) mass is 325 g/mol. The van der Waals surface area contributed by atoms with Crippen LogP contribution in [0.1, 0.15) is 49.5 Å². The number of aliphatic hydroxyl groups is 1. The van der Waals surface area contributed by atoms with Gasteiger partial charge in [0.1, 0.15) is 0 Å². The molecule has 3 heterocycles. The third-order valence-electron chi connectivity index (χ3n) is 4.71. The molecule has 1 N–H and O–H groups in total. The van der Waals surface area contributed by atoms with E-state index in [1.54, 1.807) is 11.3 Å². The Balaban J connectivity index is 1.55. The zero-order valence-corrected chi connectivity index (χ0v) is 14.0. The van der Waals surface area contributed by atoms with E-state index in [1.807, 2.05) is 17.5 Å². The molecule has 124 valence electrons. The second-order valence-electron chi connectivity index (χ2n) is 6.27. The molecule has 2 aliphatic rings. The van der Waals surface area contributed by atoms with E-state index in [4.69, 9.17) is 9.47 Å². The average molecular weight is 325 g/mol. The van der Waals surface area contributed by atoms with Crippen LogP contribution in [0.3, 0.4) is 0 Å². The fourth-order valence-electron chi connectivity index (χ4n) is 3.50. The highest BCUT2D eigenvalue weighted by molar-refractivity contribution is 7.10. The summed E-state index contributed by atoms with van der Waals surface area (Å²) in [6.45, 7) is 3.59. The molecule has 2 fully saturated rings. The lowest BCUT2D eigenvalue weighted by molar-refractivity contribution is -0.0542. The van der Waals surface area contributed by atoms with E-state index in [0.29, 0.717) is 6.04 Å². The Kier molecular flexibility index (Phi) is 6.27. The van der Waals surface area contributed by atoms with E-state index in [1.165, 1.54) is 25.7 Å². The summed E-state index contributed by atoms with van der Waals surface area (Å²) in [7, 11) is 0. The molecule has 2 saturated heterocycles. The summed E-state index contributed by atoms with van der Waals surface area (Å²) in [6.07, 6.45) is 6.45. The molecule has 0 saturated carbocycles. The smallest absolute Gasteiger partial charge is 0.159 e. The summed E-state index contributed by atoms with van der Waals surface area (Å²) < 4.78 is 11.1. The SMILES string of the molecule is O[C@@H](C[C@H]1CCCCCN1CCC1OCCO1)c1cccs1. The van der Waals surface area contributed by atoms with Crippen LogP contribution in [0.15, 0.2) is 17.5 Å². The van der Waals surface area contributed by atoms with Gasteiger partial charge in [0.15, 0.2) is 6.29 Å². The average Bonchev–Trinajstić information content (AvgIpc) is 3.18. The van der Waals surface area contributed by atoms with Crippen molar-refractivity contribution in [3.63, 3.8) is 0 Å². The van der Waals surface area contributed by atoms with Crippen molar-refractivity contribution >= 4 is 11.3 Å². The minimum absolute atomic E-state index is 0.0221. The quantitative estimate of drug-likeness (QED) is 0.872. The minimum Gasteiger partial charge on any atom is -0.388 e. The molecular weight excluding hydrogens is 298 g/mol. The maximum absolute atomic E-state index is 10.5. The van der Waals surface area contributed by atoms with Gasteiger partial charge in [0.05, 0.1) is 19.3 Å². The van der Waals surface area contributed by atoms with Gasteiger partial charge in [0.2, 0.25) is 0 Å². The van der Waals surface area contributed by atoms with Crippen molar-refractivity contribution < 1.29 is 14.6 Å². The van der Waals surface area contributed by atoms with E-state index in [9.17, 15) is 5.11 Å². The largest absolute Gasteiger partial charge is 0.388 e. The second-order valence-corrected chi connectivity index (χ2v) is 7.25. The fraction of sp³-hybridized carbons (Fsp3) is 0.765. The Hall–Kier alpha value is -0.460. The van der Waals surface area contributed by atoms with Gasteiger partial charge >= 0.3 is 0 Å². The van der Waals surface area contributed by atoms with Gasteiger partial charge in [-0.1, -0.05) is 18.9 Å². The molecular formula is C17H27NO3S. The summed E-state index contributed by atoms with van der Waals surface area (Å²) >= 11 is 1.65. The first-order valence-electron chi connectivity index (χ1n) is 8.51. The number of nitrogens with zero attached hydrogens (tertiary/aromatic N) is 1. The molecule has 1 aromatic heterocycles. The van der Waals surface area contributed by atoms with Crippen molar-refractivity contribution in [2.45, 2.75) is 57.0 Å². The van der Waals surface area contributed by atoms with Gasteiger partial charge < -0.3 is 19.5 Å². The van der Waals surface area contributed by atoms with Gasteiger partial charge in [-0.05, 0) is 37.3 Å². The molecule has 1 aromatic rings. The molecule has 0 aliphatic carbocycles. The van der Waals surface area contributed by atoms with Gasteiger partial charge in [0, 0.05) is 23.9 Å². The number of aliphatic hydroxyl groups excluding tert-OH is 1. The number of hydrogen-bond acceptors (Lipinski definition) is 5. The first-order valence-corrected chi connectivity index (χ1v) is 9.39. The summed E-state index contributed by atoms with van der Waals surface area (Å²) in [5.41, 5.74) is 0. The standard InChI is InChI=1S/C17H27NO3S/c19-15(16-6-4-12-22-16)13-14-5-2-1-3-8-18(14)9-7-17-20-10-11-21-17/h4,6,12,14-15,17,19H,1-3,5,7-11,13H2/t14-,15+/m1/s1. The first-order chi connectivity index (χ1) is 10.8. The van der Waals surface area contributed by atoms with Crippen LogP contribution >= 0.6 is 11.3 Å². The molecule has 22 heavy (non-hydrogen) atoms. The summed E-state index contributed by atoms with van der Waals surface area (Å²) in [5, 5.41) is 12.5. The molecule has 2 aliphatic heterocycles. The Bertz CT molecular complexity index is 420. The lowest BCUT2D eigenvalue weighted by atomic mass is 10.0. The maximum atomic E-state index is 10.5. The van der Waals surface area contributed by atoms with Crippen molar-refractivity contribution in [3.8, 4) is 0 Å². The Morgan fingerprint density at radius 3 is 2.91 bits per heavy atom. The highest BCUT2D eigenvalue weighted by Gasteiger charge is 2.26. The number of rotatable bonds is 6. The molecule has 0 aromatic carbocycles. The van der Waals surface area contributed by atoms with Crippen molar-refractivity contribution in [2.75, 3.05) is 26.3 Å². The van der Waals surface area contributed by atoms with Crippen LogP contribution in [-0.2, 0) is 9.47 Å². The molecule has 4 nitrogen and oxygen atoms in total. The third kappa shape index (κ3) is 4.52. The molecule has 0 radical (unpaired) electrons. The molecule has 3 rings (SSSR count). The van der Waals surface area contributed by atoms with Crippen molar-refractivity contribution in [3.05, 3.63) is 22.4 Å². The molecule has 0 amide bonds. The number of hydrogen-bond donors (Lipinski definition) is 1. The van der Waals surface area contributed by atoms with E-state index in [-0.39, 0.29) is 12.4 Å². The van der Waals surface area contributed by atoms with Crippen LogP contribution in [0.5, 0.6) is 0 Å². The van der Waals surface area contributed by atoms with Crippen molar-refractivity contribution in [1.29, 1.82) is 0 Å². The molecule has 2 atom stereocenters. The number of ether oxygens (including phenoxy) is 2. The summed E-state index contributed by atoms with van der Waals surface area (Å²) in [5.74, 6) is 0. The zero-order chi connectivity index (χ0) is 15.2. The summed E-state index contributed by atoms with van der Waals surface area (Å²) in [6, 6.07) is 4.53. The highest BCUT2D eigenvalue weighted by atomic mass is 32.1. The Morgan fingerprint density at radius 2 is 2.14 bits per heavy atom. The van der Waals surface area contributed by atoms with Crippen molar-refractivity contribution in [2.24, 2.45) is 0 Å². The van der Waals surface area contributed by atoms with Gasteiger partial charge in [-0.2, -0.15) is 0 Å². The Morgan fingerprint density at radius 1 is 1.27 bits per heavy atom. The van der Waals surface area contributed by atoms with Crippen LogP contribution in [0.2, 0.25) is 0 Å². The van der Waals surface area contributed by atoms with E-state index >= 15 is 0 Å². The fourth-order valence-corrected chi connectivity index (χ4v) is 4.22. The van der Waals surface area contributed by atoms with Gasteiger partial charge in [-0.3, -0.25) is 0 Å². The van der Waals surface area contributed by atoms with E-state index < -0.39 is 0 Å². The van der Waals surface area contributed by atoms with Crippen LogP contribution in [0.25, 0.3) is 0 Å². The zero-order valence-electron chi connectivity index (χ0n) is 13.2. The van der Waals surface area contributed by atoms with Crippen LogP contribution < -0.4 is 0 Å².